The van der Waals surface area contributed by atoms with Crippen molar-refractivity contribution in [2.45, 2.75) is 84.7 Å². The molecule has 204 valence electrons. The second-order valence-electron chi connectivity index (χ2n) is 11.8. The summed E-state index contributed by atoms with van der Waals surface area (Å²) in [6.45, 7) is 11.6. The summed E-state index contributed by atoms with van der Waals surface area (Å²) in [5, 5.41) is 10.1. The number of carbonyl (C=O) groups is 2. The average Bonchev–Trinajstić information content (AvgIpc) is 3.25. The molecular formula is C29H43N3O4S. The number of carbonyl (C=O) groups excluding carboxylic acids is 1. The van der Waals surface area contributed by atoms with E-state index in [0.717, 1.165) is 42.7 Å². The van der Waals surface area contributed by atoms with Crippen molar-refractivity contribution < 1.29 is 19.4 Å². The Morgan fingerprint density at radius 3 is 2.46 bits per heavy atom. The fourth-order valence-electron chi connectivity index (χ4n) is 4.82. The molecule has 0 unspecified atom stereocenters. The maximum Gasteiger partial charge on any atom is 0.348 e. The van der Waals surface area contributed by atoms with Gasteiger partial charge >= 0.3 is 5.97 Å². The zero-order valence-electron chi connectivity index (χ0n) is 23.4. The Hall–Kier alpha value is -2.45. The first-order valence-corrected chi connectivity index (χ1v) is 14.1. The molecule has 1 aliphatic rings. The number of aromatic carboxylic acids is 1. The van der Waals surface area contributed by atoms with Crippen LogP contribution in [-0.2, 0) is 16.8 Å². The quantitative estimate of drug-likeness (QED) is 0.394. The first kappa shape index (κ1) is 29.1. The zero-order valence-corrected chi connectivity index (χ0v) is 24.2. The summed E-state index contributed by atoms with van der Waals surface area (Å²) in [7, 11) is 4.03. The van der Waals surface area contributed by atoms with E-state index in [-0.39, 0.29) is 28.2 Å². The summed E-state index contributed by atoms with van der Waals surface area (Å²) in [5.41, 5.74) is 1.42. The Bertz CT molecular complexity index is 1070. The van der Waals surface area contributed by atoms with Crippen LogP contribution in [0.4, 0.5) is 5.69 Å². The summed E-state index contributed by atoms with van der Waals surface area (Å²) >= 11 is 1.27. The van der Waals surface area contributed by atoms with E-state index in [4.69, 9.17) is 4.74 Å². The lowest BCUT2D eigenvalue weighted by molar-refractivity contribution is -0.124. The SMILES string of the molecule is CC1CCC(C(=O)N(c2cc(C(C)(C)C)sc2C(=O)O)[C@@H](C)CCOc2cc(CN(C)C)ccn2)CC1. The largest absolute Gasteiger partial charge is 0.478 e. The van der Waals surface area contributed by atoms with Gasteiger partial charge in [-0.3, -0.25) is 4.79 Å². The van der Waals surface area contributed by atoms with Crippen molar-refractivity contribution in [2.75, 3.05) is 25.6 Å². The number of amides is 1. The minimum Gasteiger partial charge on any atom is -0.478 e. The fourth-order valence-corrected chi connectivity index (χ4v) is 5.86. The number of pyridine rings is 1. The lowest BCUT2D eigenvalue weighted by atomic mass is 9.82. The van der Waals surface area contributed by atoms with Gasteiger partial charge in [0.1, 0.15) is 4.88 Å². The number of carboxylic acids is 1. The molecule has 2 heterocycles. The van der Waals surface area contributed by atoms with Crippen molar-refractivity contribution in [3.05, 3.63) is 39.7 Å². The number of aromatic nitrogens is 1. The molecule has 1 aliphatic carbocycles. The Morgan fingerprint density at radius 1 is 1.19 bits per heavy atom. The van der Waals surface area contributed by atoms with Gasteiger partial charge in [-0.25, -0.2) is 9.78 Å². The molecule has 1 atom stereocenters. The van der Waals surface area contributed by atoms with Crippen LogP contribution in [-0.4, -0.2) is 53.6 Å². The smallest absolute Gasteiger partial charge is 0.348 e. The molecule has 0 saturated heterocycles. The topological polar surface area (TPSA) is 83.0 Å². The van der Waals surface area contributed by atoms with Crippen LogP contribution in [0.5, 0.6) is 5.88 Å². The first-order chi connectivity index (χ1) is 17.4. The number of thiophene rings is 1. The van der Waals surface area contributed by atoms with Crippen LogP contribution in [0.15, 0.2) is 24.4 Å². The van der Waals surface area contributed by atoms with Gasteiger partial charge in [0, 0.05) is 42.1 Å². The van der Waals surface area contributed by atoms with E-state index in [9.17, 15) is 14.7 Å². The van der Waals surface area contributed by atoms with Crippen molar-refractivity contribution in [1.29, 1.82) is 0 Å². The summed E-state index contributed by atoms with van der Waals surface area (Å²) in [4.78, 5) is 35.6. The van der Waals surface area contributed by atoms with Crippen LogP contribution >= 0.6 is 11.3 Å². The highest BCUT2D eigenvalue weighted by Crippen LogP contribution is 2.40. The maximum atomic E-state index is 13.9. The van der Waals surface area contributed by atoms with Crippen molar-refractivity contribution in [1.82, 2.24) is 9.88 Å². The normalized spacial score (nSPS) is 19.0. The minimum atomic E-state index is -0.990. The van der Waals surface area contributed by atoms with Crippen LogP contribution < -0.4 is 9.64 Å². The molecule has 0 bridgehead atoms. The molecule has 0 aromatic carbocycles. The first-order valence-electron chi connectivity index (χ1n) is 13.3. The monoisotopic (exact) mass is 529 g/mol. The van der Waals surface area contributed by atoms with E-state index in [2.05, 4.69) is 37.6 Å². The molecule has 1 fully saturated rings. The third-order valence-corrected chi connectivity index (χ3v) is 8.57. The molecule has 0 spiro atoms. The van der Waals surface area contributed by atoms with Gasteiger partial charge in [0.15, 0.2) is 0 Å². The van der Waals surface area contributed by atoms with Crippen molar-refractivity contribution >= 4 is 28.9 Å². The van der Waals surface area contributed by atoms with Crippen LogP contribution in [0.1, 0.15) is 86.8 Å². The summed E-state index contributed by atoms with van der Waals surface area (Å²) in [6.07, 6.45) is 6.06. The summed E-state index contributed by atoms with van der Waals surface area (Å²) in [5.74, 6) is 0.149. The highest BCUT2D eigenvalue weighted by molar-refractivity contribution is 7.14. The fraction of sp³-hybridized carbons (Fsp3) is 0.621. The Labute approximate surface area is 225 Å². The number of rotatable bonds is 10. The second-order valence-corrected chi connectivity index (χ2v) is 12.8. The van der Waals surface area contributed by atoms with Gasteiger partial charge in [-0.05, 0) is 75.7 Å². The van der Waals surface area contributed by atoms with Crippen molar-refractivity contribution in [3.63, 3.8) is 0 Å². The Morgan fingerprint density at radius 2 is 1.86 bits per heavy atom. The Balaban J connectivity index is 1.84. The molecule has 7 nitrogen and oxygen atoms in total. The molecule has 3 rings (SSSR count). The maximum absolute atomic E-state index is 13.9. The number of carboxylic acid groups (broad SMARTS) is 1. The van der Waals surface area contributed by atoms with Gasteiger partial charge in [0.25, 0.3) is 0 Å². The molecule has 1 amide bonds. The van der Waals surface area contributed by atoms with Crippen LogP contribution in [0.25, 0.3) is 0 Å². The molecule has 1 N–H and O–H groups in total. The number of ether oxygens (including phenoxy) is 1. The van der Waals surface area contributed by atoms with E-state index >= 15 is 0 Å². The van der Waals surface area contributed by atoms with Crippen molar-refractivity contribution in [3.8, 4) is 5.88 Å². The average molecular weight is 530 g/mol. The van der Waals surface area contributed by atoms with Gasteiger partial charge in [-0.2, -0.15) is 0 Å². The summed E-state index contributed by atoms with van der Waals surface area (Å²) < 4.78 is 5.98. The number of anilines is 1. The third-order valence-electron chi connectivity index (χ3n) is 7.03. The third kappa shape index (κ3) is 7.77. The van der Waals surface area contributed by atoms with E-state index in [1.54, 1.807) is 11.1 Å². The highest BCUT2D eigenvalue weighted by Gasteiger charge is 2.35. The van der Waals surface area contributed by atoms with E-state index in [0.29, 0.717) is 30.5 Å². The molecule has 1 saturated carbocycles. The van der Waals surface area contributed by atoms with Crippen LogP contribution in [0.3, 0.4) is 0 Å². The van der Waals surface area contributed by atoms with Gasteiger partial charge in [0.2, 0.25) is 11.8 Å². The van der Waals surface area contributed by atoms with Gasteiger partial charge in [0.05, 0.1) is 12.3 Å². The van der Waals surface area contributed by atoms with Crippen molar-refractivity contribution in [2.24, 2.45) is 11.8 Å². The van der Waals surface area contributed by atoms with Gasteiger partial charge in [-0.1, -0.05) is 27.7 Å². The molecule has 8 heteroatoms. The molecule has 37 heavy (non-hydrogen) atoms. The lowest BCUT2D eigenvalue weighted by Gasteiger charge is -2.35. The number of nitrogens with zero attached hydrogens (tertiary/aromatic N) is 3. The van der Waals surface area contributed by atoms with Crippen LogP contribution in [0, 0.1) is 11.8 Å². The Kier molecular flexibility index (Phi) is 9.75. The summed E-state index contributed by atoms with van der Waals surface area (Å²) in [6, 6.07) is 5.60. The van der Waals surface area contributed by atoms with Gasteiger partial charge < -0.3 is 19.6 Å². The predicted molar refractivity (Wildman–Crippen MR) is 150 cm³/mol. The minimum absolute atomic E-state index is 0.0336. The number of hydrogen-bond acceptors (Lipinski definition) is 6. The predicted octanol–water partition coefficient (Wildman–Crippen LogP) is 6.22. The lowest BCUT2D eigenvalue weighted by Crippen LogP contribution is -2.44. The standard InChI is InChI=1S/C29H43N3O4S/c1-19-8-10-22(11-9-19)27(33)32(23-17-24(29(3,4)5)37-26(23)28(34)35)20(2)13-15-36-25-16-21(12-14-30-25)18-31(6)7/h12,14,16-17,19-20,22H,8-11,13,15,18H2,1-7H3,(H,34,35)/t19?,20-,22?/m0/s1. The van der Waals surface area contributed by atoms with E-state index in [1.165, 1.54) is 11.3 Å². The second kappa shape index (κ2) is 12.4. The zero-order chi connectivity index (χ0) is 27.3. The molecule has 0 radical (unpaired) electrons. The highest BCUT2D eigenvalue weighted by atomic mass is 32.1. The van der Waals surface area contributed by atoms with E-state index in [1.807, 2.05) is 39.2 Å². The van der Waals surface area contributed by atoms with Gasteiger partial charge in [-0.15, -0.1) is 11.3 Å². The molecule has 0 aliphatic heterocycles. The number of hydrogen-bond donors (Lipinski definition) is 1. The van der Waals surface area contributed by atoms with Crippen LogP contribution in [0.2, 0.25) is 0 Å². The van der Waals surface area contributed by atoms with E-state index < -0.39 is 5.97 Å². The molecule has 2 aromatic heterocycles. The molecular weight excluding hydrogens is 486 g/mol. The molecule has 2 aromatic rings.